The average molecular weight is 259 g/mol. The number of rotatable bonds is 2. The van der Waals surface area contributed by atoms with Gasteiger partial charge in [-0.3, -0.25) is 4.98 Å². The van der Waals surface area contributed by atoms with Gasteiger partial charge in [0.2, 0.25) is 0 Å². The van der Waals surface area contributed by atoms with Gasteiger partial charge in [0.15, 0.2) is 0 Å². The van der Waals surface area contributed by atoms with Crippen LogP contribution in [0.2, 0.25) is 0 Å². The summed E-state index contributed by atoms with van der Waals surface area (Å²) >= 11 is 3.62. The number of thioether (sulfide) groups is 2. The molecule has 0 amide bonds. The molecule has 1 fully saturated rings. The number of pyridine rings is 1. The van der Waals surface area contributed by atoms with Crippen molar-refractivity contribution in [2.75, 3.05) is 11.5 Å². The summed E-state index contributed by atoms with van der Waals surface area (Å²) in [6.07, 6.45) is 2.07. The first-order valence-corrected chi connectivity index (χ1v) is 7.30. The zero-order valence-corrected chi connectivity index (χ0v) is 10.6. The smallest absolute Gasteiger partial charge is 0.141 e. The van der Waals surface area contributed by atoms with E-state index >= 15 is 0 Å². The highest BCUT2D eigenvalue weighted by atomic mass is 32.2. The minimum atomic E-state index is -0.629. The molecule has 88 valence electrons. The first-order chi connectivity index (χ1) is 7.68. The zero-order valence-electron chi connectivity index (χ0n) is 8.97. The van der Waals surface area contributed by atoms with Crippen LogP contribution in [0.3, 0.4) is 0 Å². The van der Waals surface area contributed by atoms with Crippen LogP contribution < -0.4 is 0 Å². The highest BCUT2D eigenvalue weighted by Gasteiger charge is 2.30. The van der Waals surface area contributed by atoms with Gasteiger partial charge in [0.05, 0.1) is 12.3 Å². The summed E-state index contributed by atoms with van der Waals surface area (Å²) in [6, 6.07) is 1.37. The molecule has 1 aliphatic heterocycles. The molecule has 1 aromatic rings. The Labute approximate surface area is 103 Å². The first kappa shape index (κ1) is 12.2. The van der Waals surface area contributed by atoms with Crippen molar-refractivity contribution in [3.8, 4) is 0 Å². The second-order valence-electron chi connectivity index (χ2n) is 3.79. The topological polar surface area (TPSA) is 33.1 Å². The lowest BCUT2D eigenvalue weighted by Gasteiger charge is -2.31. The van der Waals surface area contributed by atoms with Gasteiger partial charge in [0.1, 0.15) is 5.82 Å². The van der Waals surface area contributed by atoms with Gasteiger partial charge in [-0.1, -0.05) is 6.92 Å². The van der Waals surface area contributed by atoms with Crippen LogP contribution in [0.15, 0.2) is 18.5 Å². The van der Waals surface area contributed by atoms with Crippen molar-refractivity contribution in [2.24, 2.45) is 0 Å². The van der Waals surface area contributed by atoms with E-state index in [-0.39, 0.29) is 5.25 Å². The molecule has 5 heteroatoms. The van der Waals surface area contributed by atoms with E-state index in [1.165, 1.54) is 6.07 Å². The summed E-state index contributed by atoms with van der Waals surface area (Å²) in [5.41, 5.74) is 0.576. The molecule has 2 heterocycles. The van der Waals surface area contributed by atoms with Gasteiger partial charge in [-0.2, -0.15) is 23.5 Å². The number of halogens is 1. The monoisotopic (exact) mass is 259 g/mol. The molecule has 0 radical (unpaired) electrons. The highest BCUT2D eigenvalue weighted by Crippen LogP contribution is 2.38. The number of aromatic nitrogens is 1. The fourth-order valence-corrected chi connectivity index (χ4v) is 4.61. The number of nitrogens with zero attached hydrogens (tertiary/aromatic N) is 1. The number of aliphatic hydroxyl groups is 1. The molecule has 2 rings (SSSR count). The van der Waals surface area contributed by atoms with E-state index in [0.29, 0.717) is 10.8 Å². The maximum absolute atomic E-state index is 13.0. The molecule has 3 atom stereocenters. The summed E-state index contributed by atoms with van der Waals surface area (Å²) in [5.74, 6) is 1.77. The van der Waals surface area contributed by atoms with E-state index in [0.717, 1.165) is 17.7 Å². The summed E-state index contributed by atoms with van der Waals surface area (Å²) in [5, 5.41) is 10.7. The van der Waals surface area contributed by atoms with Crippen LogP contribution in [0, 0.1) is 5.82 Å². The van der Waals surface area contributed by atoms with Gasteiger partial charge in [-0.15, -0.1) is 0 Å². The zero-order chi connectivity index (χ0) is 11.5. The molecule has 0 saturated carbocycles. The van der Waals surface area contributed by atoms with Gasteiger partial charge in [0.25, 0.3) is 0 Å². The van der Waals surface area contributed by atoms with Gasteiger partial charge >= 0.3 is 0 Å². The van der Waals surface area contributed by atoms with Gasteiger partial charge in [-0.25, -0.2) is 4.39 Å². The Morgan fingerprint density at radius 2 is 2.19 bits per heavy atom. The van der Waals surface area contributed by atoms with Crippen LogP contribution in [-0.4, -0.2) is 32.1 Å². The van der Waals surface area contributed by atoms with Crippen molar-refractivity contribution in [1.82, 2.24) is 4.98 Å². The van der Waals surface area contributed by atoms with Gasteiger partial charge in [0, 0.05) is 33.8 Å². The predicted molar refractivity (Wildman–Crippen MR) is 67.3 cm³/mol. The van der Waals surface area contributed by atoms with Crippen LogP contribution in [0.5, 0.6) is 0 Å². The Balaban J connectivity index is 2.14. The van der Waals surface area contributed by atoms with E-state index in [9.17, 15) is 9.50 Å². The molecular weight excluding hydrogens is 245 g/mol. The summed E-state index contributed by atoms with van der Waals surface area (Å²) in [6.45, 7) is 2.11. The molecule has 16 heavy (non-hydrogen) atoms. The maximum atomic E-state index is 13.0. The van der Waals surface area contributed by atoms with Crippen molar-refractivity contribution < 1.29 is 9.50 Å². The molecule has 1 N–H and O–H groups in total. The molecule has 0 aliphatic carbocycles. The van der Waals surface area contributed by atoms with Crippen LogP contribution in [0.4, 0.5) is 4.39 Å². The van der Waals surface area contributed by atoms with E-state index in [1.807, 2.05) is 11.8 Å². The standard InChI is InChI=1S/C11H14FNOS2/c1-7-11(16-3-2-15-7)10(14)8-4-9(12)6-13-5-8/h4-7,10-11,14H,2-3H2,1H3. The van der Waals surface area contributed by atoms with Crippen molar-refractivity contribution in [3.05, 3.63) is 29.8 Å². The largest absolute Gasteiger partial charge is 0.387 e. The van der Waals surface area contributed by atoms with Gasteiger partial charge in [-0.05, 0) is 6.07 Å². The molecule has 0 aromatic carbocycles. The predicted octanol–water partition coefficient (Wildman–Crippen LogP) is 2.49. The van der Waals surface area contributed by atoms with E-state index < -0.39 is 11.9 Å². The second kappa shape index (κ2) is 5.38. The lowest BCUT2D eigenvalue weighted by Crippen LogP contribution is -2.29. The fraction of sp³-hybridized carbons (Fsp3) is 0.545. The minimum absolute atomic E-state index is 0.127. The Hall–Kier alpha value is -0.260. The molecule has 0 spiro atoms. The minimum Gasteiger partial charge on any atom is -0.387 e. The van der Waals surface area contributed by atoms with E-state index in [1.54, 1.807) is 18.0 Å². The van der Waals surface area contributed by atoms with Gasteiger partial charge < -0.3 is 5.11 Å². The molecule has 1 aromatic heterocycles. The Morgan fingerprint density at radius 1 is 1.44 bits per heavy atom. The molecular formula is C11H14FNOS2. The number of hydrogen-bond donors (Lipinski definition) is 1. The Morgan fingerprint density at radius 3 is 2.88 bits per heavy atom. The Kier molecular flexibility index (Phi) is 4.10. The normalized spacial score (nSPS) is 27.7. The molecule has 1 saturated heterocycles. The summed E-state index contributed by atoms with van der Waals surface area (Å²) < 4.78 is 13.0. The third kappa shape index (κ3) is 2.70. The van der Waals surface area contributed by atoms with Crippen LogP contribution in [0.25, 0.3) is 0 Å². The summed E-state index contributed by atoms with van der Waals surface area (Å²) in [4.78, 5) is 3.77. The summed E-state index contributed by atoms with van der Waals surface area (Å²) in [7, 11) is 0. The van der Waals surface area contributed by atoms with Crippen LogP contribution in [0.1, 0.15) is 18.6 Å². The van der Waals surface area contributed by atoms with Crippen molar-refractivity contribution in [2.45, 2.75) is 23.5 Å². The quantitative estimate of drug-likeness (QED) is 0.884. The van der Waals surface area contributed by atoms with Crippen molar-refractivity contribution in [3.63, 3.8) is 0 Å². The second-order valence-corrected chi connectivity index (χ2v) is 6.56. The highest BCUT2D eigenvalue weighted by molar-refractivity contribution is 8.07. The average Bonchev–Trinajstić information content (AvgIpc) is 2.29. The first-order valence-electron chi connectivity index (χ1n) is 5.20. The van der Waals surface area contributed by atoms with E-state index in [2.05, 4.69) is 11.9 Å². The van der Waals surface area contributed by atoms with Crippen molar-refractivity contribution >= 4 is 23.5 Å². The van der Waals surface area contributed by atoms with Crippen molar-refractivity contribution in [1.29, 1.82) is 0 Å². The molecule has 3 unspecified atom stereocenters. The third-order valence-corrected chi connectivity index (χ3v) is 5.80. The lowest BCUT2D eigenvalue weighted by molar-refractivity contribution is 0.173. The SMILES string of the molecule is CC1SCCSC1C(O)c1cncc(F)c1. The molecule has 0 bridgehead atoms. The molecule has 1 aliphatic rings. The lowest BCUT2D eigenvalue weighted by atomic mass is 10.1. The maximum Gasteiger partial charge on any atom is 0.141 e. The van der Waals surface area contributed by atoms with Crippen LogP contribution in [-0.2, 0) is 0 Å². The van der Waals surface area contributed by atoms with Crippen LogP contribution >= 0.6 is 23.5 Å². The fourth-order valence-electron chi connectivity index (χ4n) is 1.78. The third-order valence-electron chi connectivity index (χ3n) is 2.62. The number of hydrogen-bond acceptors (Lipinski definition) is 4. The number of aliphatic hydroxyl groups excluding tert-OH is 1. The molecule has 2 nitrogen and oxygen atoms in total. The van der Waals surface area contributed by atoms with E-state index in [4.69, 9.17) is 0 Å². The Bertz CT molecular complexity index is 364.